The standard InChI is InChI=1S/C28H33N3O4S/c1-18-9-12-25(21(4)15-18)29-28(32)24-7-6-14-31(17-24)36(33,34)27-22(5)30-35-26(27)13-11-23-16-19(2)8-10-20(23)3/h8-13,15-16,24H,6-7,14,17H2,1-5H3,(H,29,32). The first kappa shape index (κ1) is 25.9. The van der Waals surface area contributed by atoms with E-state index in [1.54, 1.807) is 13.0 Å². The number of nitrogens with zero attached hydrogens (tertiary/aromatic N) is 2. The van der Waals surface area contributed by atoms with Crippen molar-refractivity contribution in [1.29, 1.82) is 0 Å². The van der Waals surface area contributed by atoms with Gasteiger partial charge in [-0.3, -0.25) is 4.79 Å². The van der Waals surface area contributed by atoms with Gasteiger partial charge in [0.15, 0.2) is 10.7 Å². The van der Waals surface area contributed by atoms with Crippen LogP contribution in [0.15, 0.2) is 45.8 Å². The number of rotatable bonds is 6. The Morgan fingerprint density at radius 1 is 1.03 bits per heavy atom. The molecule has 8 heteroatoms. The van der Waals surface area contributed by atoms with Crippen molar-refractivity contribution in [3.8, 4) is 0 Å². The van der Waals surface area contributed by atoms with Gasteiger partial charge in [0.25, 0.3) is 0 Å². The maximum atomic E-state index is 13.7. The van der Waals surface area contributed by atoms with Crippen molar-refractivity contribution >= 4 is 33.8 Å². The van der Waals surface area contributed by atoms with Crippen LogP contribution in [0, 0.1) is 40.5 Å². The van der Waals surface area contributed by atoms with Gasteiger partial charge in [-0.15, -0.1) is 0 Å². The SMILES string of the molecule is Cc1ccc(NC(=O)C2CCCN(S(=O)(=O)c3c(C)noc3C=Cc3cc(C)ccc3C)C2)c(C)c1. The molecular weight excluding hydrogens is 474 g/mol. The fourth-order valence-electron chi connectivity index (χ4n) is 4.60. The number of piperidine rings is 1. The van der Waals surface area contributed by atoms with Gasteiger partial charge in [0.2, 0.25) is 15.9 Å². The highest BCUT2D eigenvalue weighted by atomic mass is 32.2. The summed E-state index contributed by atoms with van der Waals surface area (Å²) in [5.41, 5.74) is 6.31. The molecular formula is C28H33N3O4S. The lowest BCUT2D eigenvalue weighted by atomic mass is 9.98. The third-order valence-corrected chi connectivity index (χ3v) is 8.70. The summed E-state index contributed by atoms with van der Waals surface area (Å²) in [5.74, 6) is -0.419. The molecule has 1 unspecified atom stereocenters. The van der Waals surface area contributed by atoms with E-state index in [1.807, 2.05) is 70.2 Å². The molecule has 7 nitrogen and oxygen atoms in total. The van der Waals surface area contributed by atoms with Crippen LogP contribution >= 0.6 is 0 Å². The molecule has 0 radical (unpaired) electrons. The zero-order valence-corrected chi connectivity index (χ0v) is 22.3. The van der Waals surface area contributed by atoms with Gasteiger partial charge in [-0.05, 0) is 76.3 Å². The van der Waals surface area contributed by atoms with E-state index in [2.05, 4.69) is 10.5 Å². The van der Waals surface area contributed by atoms with Crippen LogP contribution < -0.4 is 5.32 Å². The molecule has 36 heavy (non-hydrogen) atoms. The normalized spacial score (nSPS) is 17.0. The number of hydrogen-bond acceptors (Lipinski definition) is 5. The summed E-state index contributed by atoms with van der Waals surface area (Å²) in [6.45, 7) is 10.0. The summed E-state index contributed by atoms with van der Waals surface area (Å²) in [6, 6.07) is 11.9. The van der Waals surface area contributed by atoms with Gasteiger partial charge < -0.3 is 9.84 Å². The molecule has 3 aromatic rings. The molecule has 1 N–H and O–H groups in total. The molecule has 1 fully saturated rings. The Morgan fingerprint density at radius 3 is 2.50 bits per heavy atom. The number of nitrogens with one attached hydrogen (secondary N) is 1. The van der Waals surface area contributed by atoms with Crippen LogP contribution in [0.4, 0.5) is 5.69 Å². The molecule has 1 aromatic heterocycles. The Labute approximate surface area is 213 Å². The van der Waals surface area contributed by atoms with Crippen molar-refractivity contribution in [2.24, 2.45) is 5.92 Å². The minimum absolute atomic E-state index is 0.0551. The van der Waals surface area contributed by atoms with E-state index in [9.17, 15) is 13.2 Å². The lowest BCUT2D eigenvalue weighted by Gasteiger charge is -2.31. The number of amides is 1. The molecule has 1 saturated heterocycles. The van der Waals surface area contributed by atoms with E-state index in [1.165, 1.54) is 4.31 Å². The Hall–Kier alpha value is -3.23. The highest BCUT2D eigenvalue weighted by Gasteiger charge is 2.37. The van der Waals surface area contributed by atoms with E-state index in [-0.39, 0.29) is 23.1 Å². The summed E-state index contributed by atoms with van der Waals surface area (Å²) >= 11 is 0. The van der Waals surface area contributed by atoms with Gasteiger partial charge in [0, 0.05) is 18.8 Å². The van der Waals surface area contributed by atoms with E-state index in [0.717, 1.165) is 33.5 Å². The predicted molar refractivity (Wildman–Crippen MR) is 142 cm³/mol. The van der Waals surface area contributed by atoms with Gasteiger partial charge in [-0.1, -0.05) is 52.7 Å². The Bertz CT molecular complexity index is 1420. The van der Waals surface area contributed by atoms with Crippen LogP contribution in [0.25, 0.3) is 12.2 Å². The molecule has 1 aliphatic heterocycles. The van der Waals surface area contributed by atoms with Gasteiger partial charge in [0.1, 0.15) is 5.69 Å². The molecule has 2 heterocycles. The highest BCUT2D eigenvalue weighted by molar-refractivity contribution is 7.89. The Balaban J connectivity index is 1.55. The van der Waals surface area contributed by atoms with Gasteiger partial charge in [0.05, 0.1) is 5.92 Å². The van der Waals surface area contributed by atoms with E-state index < -0.39 is 15.9 Å². The first-order valence-corrected chi connectivity index (χ1v) is 13.6. The van der Waals surface area contributed by atoms with Gasteiger partial charge >= 0.3 is 0 Å². The fourth-order valence-corrected chi connectivity index (χ4v) is 6.37. The monoisotopic (exact) mass is 507 g/mol. The van der Waals surface area contributed by atoms with Crippen LogP contribution in [0.1, 0.15) is 52.1 Å². The molecule has 1 aliphatic rings. The van der Waals surface area contributed by atoms with Crippen molar-refractivity contribution in [2.45, 2.75) is 52.4 Å². The van der Waals surface area contributed by atoms with Gasteiger partial charge in [-0.25, -0.2) is 8.42 Å². The lowest BCUT2D eigenvalue weighted by molar-refractivity contribution is -0.120. The molecule has 0 saturated carbocycles. The van der Waals surface area contributed by atoms with E-state index >= 15 is 0 Å². The quantitative estimate of drug-likeness (QED) is 0.481. The number of benzene rings is 2. The molecule has 4 rings (SSSR count). The van der Waals surface area contributed by atoms with Crippen molar-refractivity contribution < 1.29 is 17.7 Å². The van der Waals surface area contributed by atoms with Crippen molar-refractivity contribution in [2.75, 3.05) is 18.4 Å². The van der Waals surface area contributed by atoms with Crippen LogP contribution in [-0.4, -0.2) is 36.9 Å². The minimum atomic E-state index is -3.91. The van der Waals surface area contributed by atoms with E-state index in [4.69, 9.17) is 4.52 Å². The Kier molecular flexibility index (Phi) is 7.47. The van der Waals surface area contributed by atoms with Crippen LogP contribution in [0.5, 0.6) is 0 Å². The average Bonchev–Trinajstić information content (AvgIpc) is 3.22. The maximum absolute atomic E-state index is 13.7. The fraction of sp³-hybridized carbons (Fsp3) is 0.357. The topological polar surface area (TPSA) is 92.5 Å². The summed E-state index contributed by atoms with van der Waals surface area (Å²) in [4.78, 5) is 13.1. The number of aromatic nitrogens is 1. The smallest absolute Gasteiger partial charge is 0.248 e. The third kappa shape index (κ3) is 5.44. The number of sulfonamides is 1. The lowest BCUT2D eigenvalue weighted by Crippen LogP contribution is -2.44. The van der Waals surface area contributed by atoms with Crippen molar-refractivity contribution in [3.05, 3.63) is 75.7 Å². The second-order valence-electron chi connectivity index (χ2n) is 9.66. The van der Waals surface area contributed by atoms with Crippen molar-refractivity contribution in [3.63, 3.8) is 0 Å². The van der Waals surface area contributed by atoms with Crippen LogP contribution in [0.2, 0.25) is 0 Å². The molecule has 0 bridgehead atoms. The zero-order valence-electron chi connectivity index (χ0n) is 21.5. The molecule has 190 valence electrons. The van der Waals surface area contributed by atoms with Crippen LogP contribution in [-0.2, 0) is 14.8 Å². The molecule has 2 aromatic carbocycles. The second-order valence-corrected chi connectivity index (χ2v) is 11.5. The molecule has 0 aliphatic carbocycles. The molecule has 1 amide bonds. The molecule has 0 spiro atoms. The first-order valence-electron chi connectivity index (χ1n) is 12.2. The van der Waals surface area contributed by atoms with E-state index in [0.29, 0.717) is 25.1 Å². The summed E-state index contributed by atoms with van der Waals surface area (Å²) in [6.07, 6.45) is 4.73. The van der Waals surface area contributed by atoms with Crippen molar-refractivity contribution in [1.82, 2.24) is 9.46 Å². The number of anilines is 1. The maximum Gasteiger partial charge on any atom is 0.248 e. The second kappa shape index (κ2) is 10.4. The Morgan fingerprint density at radius 2 is 1.75 bits per heavy atom. The summed E-state index contributed by atoms with van der Waals surface area (Å²) in [5, 5.41) is 6.93. The number of carbonyl (C=O) groups is 1. The molecule has 1 atom stereocenters. The number of aryl methyl sites for hydroxylation is 5. The first-order chi connectivity index (χ1) is 17.1. The van der Waals surface area contributed by atoms with Gasteiger partial charge in [-0.2, -0.15) is 4.31 Å². The third-order valence-electron chi connectivity index (χ3n) is 6.67. The number of carbonyl (C=O) groups excluding carboxylic acids is 1. The highest BCUT2D eigenvalue weighted by Crippen LogP contribution is 2.30. The van der Waals surface area contributed by atoms with Crippen LogP contribution in [0.3, 0.4) is 0 Å². The number of hydrogen-bond donors (Lipinski definition) is 1. The largest absolute Gasteiger partial charge is 0.355 e. The summed E-state index contributed by atoms with van der Waals surface area (Å²) < 4.78 is 34.2. The summed E-state index contributed by atoms with van der Waals surface area (Å²) in [7, 11) is -3.91. The zero-order chi connectivity index (χ0) is 26.0. The minimum Gasteiger partial charge on any atom is -0.355 e. The predicted octanol–water partition coefficient (Wildman–Crippen LogP) is 5.43. The average molecular weight is 508 g/mol.